The summed E-state index contributed by atoms with van der Waals surface area (Å²) in [4.78, 5) is 4.50. The maximum atomic E-state index is 11.5. The third kappa shape index (κ3) is 11.7. The number of aliphatic imine (C=N–C) groups is 1. The van der Waals surface area contributed by atoms with Crippen LogP contribution >= 0.6 is 24.0 Å². The van der Waals surface area contributed by atoms with Crippen LogP contribution in [-0.4, -0.2) is 52.1 Å². The van der Waals surface area contributed by atoms with Crippen LogP contribution in [-0.2, 0) is 21.2 Å². The van der Waals surface area contributed by atoms with Crippen LogP contribution < -0.4 is 10.6 Å². The fraction of sp³-hybridized carbons (Fsp3) is 0.611. The lowest BCUT2D eigenvalue weighted by atomic mass is 10.2. The number of nitrogens with one attached hydrogen (secondary N) is 2. The Morgan fingerprint density at radius 3 is 2.50 bits per heavy atom. The van der Waals surface area contributed by atoms with Crippen molar-refractivity contribution in [1.29, 1.82) is 0 Å². The third-order valence-electron chi connectivity index (χ3n) is 3.56. The van der Waals surface area contributed by atoms with Crippen LogP contribution in [0.25, 0.3) is 0 Å². The van der Waals surface area contributed by atoms with E-state index in [2.05, 4.69) is 22.5 Å². The average Bonchev–Trinajstić information content (AvgIpc) is 2.60. The quantitative estimate of drug-likeness (QED) is 0.279. The highest BCUT2D eigenvalue weighted by atomic mass is 127. The van der Waals surface area contributed by atoms with E-state index in [4.69, 9.17) is 4.74 Å². The molecule has 0 bridgehead atoms. The molecule has 150 valence electrons. The van der Waals surface area contributed by atoms with Crippen molar-refractivity contribution in [3.63, 3.8) is 0 Å². The number of benzene rings is 1. The van der Waals surface area contributed by atoms with E-state index in [9.17, 15) is 8.42 Å². The molecule has 0 aliphatic heterocycles. The molecule has 0 fully saturated rings. The first-order chi connectivity index (χ1) is 12.0. The van der Waals surface area contributed by atoms with Gasteiger partial charge in [-0.2, -0.15) is 0 Å². The minimum absolute atomic E-state index is 0. The lowest BCUT2D eigenvalue weighted by Crippen LogP contribution is -2.40. The summed E-state index contributed by atoms with van der Waals surface area (Å²) in [6, 6.07) is 10.1. The molecule has 0 heterocycles. The SMILES string of the molecule is CCNC(=NCC(C)COCc1ccccc1)NCCS(=O)(=O)CC.I. The van der Waals surface area contributed by atoms with Crippen molar-refractivity contribution in [3.05, 3.63) is 35.9 Å². The van der Waals surface area contributed by atoms with Crippen molar-refractivity contribution in [2.45, 2.75) is 27.4 Å². The molecular formula is C18H32IN3O3S. The molecular weight excluding hydrogens is 465 g/mol. The molecule has 0 amide bonds. The summed E-state index contributed by atoms with van der Waals surface area (Å²) in [5.74, 6) is 1.20. The second-order valence-electron chi connectivity index (χ2n) is 5.99. The van der Waals surface area contributed by atoms with Gasteiger partial charge in [-0.3, -0.25) is 4.99 Å². The largest absolute Gasteiger partial charge is 0.376 e. The van der Waals surface area contributed by atoms with E-state index in [0.29, 0.717) is 32.3 Å². The van der Waals surface area contributed by atoms with Gasteiger partial charge in [-0.1, -0.05) is 44.2 Å². The predicted molar refractivity (Wildman–Crippen MR) is 119 cm³/mol. The highest BCUT2D eigenvalue weighted by Crippen LogP contribution is 2.03. The summed E-state index contributed by atoms with van der Waals surface area (Å²) in [6.45, 7) is 8.65. The summed E-state index contributed by atoms with van der Waals surface area (Å²) >= 11 is 0. The van der Waals surface area contributed by atoms with Gasteiger partial charge < -0.3 is 15.4 Å². The first-order valence-electron chi connectivity index (χ1n) is 8.81. The van der Waals surface area contributed by atoms with E-state index in [1.807, 2.05) is 37.3 Å². The first-order valence-corrected chi connectivity index (χ1v) is 10.6. The molecule has 6 nitrogen and oxygen atoms in total. The number of sulfone groups is 1. The fourth-order valence-electron chi connectivity index (χ4n) is 2.06. The second kappa shape index (κ2) is 14.2. The van der Waals surface area contributed by atoms with Crippen LogP contribution in [0.3, 0.4) is 0 Å². The van der Waals surface area contributed by atoms with Crippen LogP contribution in [0.5, 0.6) is 0 Å². The zero-order chi connectivity index (χ0) is 18.5. The molecule has 1 aromatic rings. The van der Waals surface area contributed by atoms with Gasteiger partial charge in [0.15, 0.2) is 15.8 Å². The van der Waals surface area contributed by atoms with Gasteiger partial charge >= 0.3 is 0 Å². The van der Waals surface area contributed by atoms with Crippen molar-refractivity contribution < 1.29 is 13.2 Å². The summed E-state index contributed by atoms with van der Waals surface area (Å²) in [7, 11) is -2.97. The Hall–Kier alpha value is -0.870. The van der Waals surface area contributed by atoms with Crippen LogP contribution in [0.4, 0.5) is 0 Å². The van der Waals surface area contributed by atoms with E-state index in [1.54, 1.807) is 6.92 Å². The summed E-state index contributed by atoms with van der Waals surface area (Å²) in [6.07, 6.45) is 0. The van der Waals surface area contributed by atoms with Crippen molar-refractivity contribution in [2.75, 3.05) is 37.7 Å². The number of halogens is 1. The molecule has 8 heteroatoms. The van der Waals surface area contributed by atoms with Crippen LogP contribution in [0.1, 0.15) is 26.3 Å². The van der Waals surface area contributed by atoms with Gasteiger partial charge in [0.1, 0.15) is 0 Å². The molecule has 0 aromatic heterocycles. The lowest BCUT2D eigenvalue weighted by Gasteiger charge is -2.14. The molecule has 26 heavy (non-hydrogen) atoms. The number of hydrogen-bond donors (Lipinski definition) is 2. The molecule has 1 rings (SSSR count). The van der Waals surface area contributed by atoms with E-state index >= 15 is 0 Å². The highest BCUT2D eigenvalue weighted by molar-refractivity contribution is 14.0. The standard InChI is InChI=1S/C18H31N3O3S.HI/c1-4-19-18(20-11-12-25(22,23)5-2)21-13-16(3)14-24-15-17-9-7-6-8-10-17;/h6-10,16H,4-5,11-15H2,1-3H3,(H2,19,20,21);1H. The molecule has 2 N–H and O–H groups in total. The van der Waals surface area contributed by atoms with Crippen LogP contribution in [0, 0.1) is 5.92 Å². The van der Waals surface area contributed by atoms with Crippen molar-refractivity contribution in [2.24, 2.45) is 10.9 Å². The maximum absolute atomic E-state index is 11.5. The minimum Gasteiger partial charge on any atom is -0.376 e. The molecule has 0 aliphatic rings. The van der Waals surface area contributed by atoms with Crippen molar-refractivity contribution in [3.8, 4) is 0 Å². The minimum atomic E-state index is -2.97. The Balaban J connectivity index is 0.00000625. The molecule has 0 saturated carbocycles. The van der Waals surface area contributed by atoms with Gasteiger partial charge in [0.05, 0.1) is 19.0 Å². The smallest absolute Gasteiger partial charge is 0.191 e. The number of nitrogens with zero attached hydrogens (tertiary/aromatic N) is 1. The number of rotatable bonds is 11. The van der Waals surface area contributed by atoms with Gasteiger partial charge in [-0.15, -0.1) is 24.0 Å². The molecule has 1 unspecified atom stereocenters. The van der Waals surface area contributed by atoms with E-state index < -0.39 is 9.84 Å². The first kappa shape index (κ1) is 25.1. The van der Waals surface area contributed by atoms with Crippen LogP contribution in [0.2, 0.25) is 0 Å². The number of hydrogen-bond acceptors (Lipinski definition) is 4. The van der Waals surface area contributed by atoms with Crippen LogP contribution in [0.15, 0.2) is 35.3 Å². The molecule has 0 radical (unpaired) electrons. The Morgan fingerprint density at radius 1 is 1.19 bits per heavy atom. The zero-order valence-corrected chi connectivity index (χ0v) is 19.0. The normalized spacial score (nSPS) is 13.0. The summed E-state index contributed by atoms with van der Waals surface area (Å²) in [5, 5.41) is 6.19. The van der Waals surface area contributed by atoms with Gasteiger partial charge in [0.2, 0.25) is 0 Å². The van der Waals surface area contributed by atoms with Gasteiger partial charge in [-0.05, 0) is 18.4 Å². The average molecular weight is 497 g/mol. The maximum Gasteiger partial charge on any atom is 0.191 e. The Morgan fingerprint density at radius 2 is 1.88 bits per heavy atom. The predicted octanol–water partition coefficient (Wildman–Crippen LogP) is 2.45. The monoisotopic (exact) mass is 497 g/mol. The Kier molecular flexibility index (Phi) is 13.7. The molecule has 0 spiro atoms. The van der Waals surface area contributed by atoms with E-state index in [1.165, 1.54) is 0 Å². The van der Waals surface area contributed by atoms with Gasteiger partial charge in [0, 0.05) is 25.4 Å². The molecule has 0 aliphatic carbocycles. The summed E-state index contributed by atoms with van der Waals surface area (Å²) < 4.78 is 28.8. The number of ether oxygens (including phenoxy) is 1. The third-order valence-corrected chi connectivity index (χ3v) is 5.27. The van der Waals surface area contributed by atoms with Gasteiger partial charge in [-0.25, -0.2) is 8.42 Å². The van der Waals surface area contributed by atoms with Crippen molar-refractivity contribution >= 4 is 39.8 Å². The molecule has 1 atom stereocenters. The molecule has 1 aromatic carbocycles. The summed E-state index contributed by atoms with van der Waals surface area (Å²) in [5.41, 5.74) is 1.16. The van der Waals surface area contributed by atoms with E-state index in [-0.39, 0.29) is 41.4 Å². The number of guanidine groups is 1. The molecule has 0 saturated heterocycles. The topological polar surface area (TPSA) is 79.8 Å². The lowest BCUT2D eigenvalue weighted by molar-refractivity contribution is 0.0945. The second-order valence-corrected chi connectivity index (χ2v) is 8.46. The van der Waals surface area contributed by atoms with Gasteiger partial charge in [0.25, 0.3) is 0 Å². The van der Waals surface area contributed by atoms with Crippen molar-refractivity contribution in [1.82, 2.24) is 10.6 Å². The fourth-order valence-corrected chi connectivity index (χ4v) is 2.76. The Bertz CT molecular complexity index is 609. The Labute approximate surface area is 175 Å². The zero-order valence-electron chi connectivity index (χ0n) is 15.9. The van der Waals surface area contributed by atoms with E-state index in [0.717, 1.165) is 12.1 Å². The highest BCUT2D eigenvalue weighted by Gasteiger charge is 2.08.